The molecule has 0 aromatic rings. The van der Waals surface area contributed by atoms with E-state index in [1.165, 1.54) is 58.8 Å². The summed E-state index contributed by atoms with van der Waals surface area (Å²) in [5.74, 6) is 0. The lowest BCUT2D eigenvalue weighted by Gasteiger charge is -2.32. The fourth-order valence-corrected chi connectivity index (χ4v) is 2.53. The lowest BCUT2D eigenvalue weighted by molar-refractivity contribution is -0.499. The number of rotatable bonds is 4. The molecule has 0 unspecified atom stereocenters. The molecule has 2 heterocycles. The van der Waals surface area contributed by atoms with Crippen LogP contribution in [0, 0.1) is 0 Å². The van der Waals surface area contributed by atoms with E-state index in [4.69, 9.17) is 0 Å². The predicted molar refractivity (Wildman–Crippen MR) is 72.1 cm³/mol. The highest BCUT2D eigenvalue weighted by Gasteiger charge is 2.15. The summed E-state index contributed by atoms with van der Waals surface area (Å²) in [5.41, 5.74) is 0. The summed E-state index contributed by atoms with van der Waals surface area (Å²) in [4.78, 5) is 7.60. The normalized spacial score (nSPS) is 24.9. The summed E-state index contributed by atoms with van der Waals surface area (Å²) in [6.07, 6.45) is 3.63. The number of piperazine rings is 1. The van der Waals surface area contributed by atoms with Gasteiger partial charge in [-0.2, -0.15) is 0 Å². The van der Waals surface area contributed by atoms with Gasteiger partial charge >= 0.3 is 0 Å². The Balaban J connectivity index is 1.57. The van der Waals surface area contributed by atoms with Crippen LogP contribution in [-0.4, -0.2) is 98.5 Å². The van der Waals surface area contributed by atoms with Crippen molar-refractivity contribution in [3.8, 4) is 0 Å². The summed E-state index contributed by atoms with van der Waals surface area (Å²) in [6, 6.07) is 0. The van der Waals surface area contributed by atoms with Crippen molar-refractivity contribution in [1.82, 2.24) is 14.7 Å². The van der Waals surface area contributed by atoms with Crippen molar-refractivity contribution in [2.24, 2.45) is 0 Å². The van der Waals surface area contributed by atoms with Crippen LogP contribution in [0.5, 0.6) is 0 Å². The molecule has 0 N–H and O–H groups in total. The molecule has 2 aliphatic rings. The Bertz CT molecular complexity index is 256. The molecule has 4 heteroatoms. The van der Waals surface area contributed by atoms with Gasteiger partial charge in [0.2, 0.25) is 0 Å². The van der Waals surface area contributed by atoms with Gasteiger partial charge in [0.1, 0.15) is 7.05 Å². The fourth-order valence-electron chi connectivity index (χ4n) is 2.53. The summed E-state index contributed by atoms with van der Waals surface area (Å²) < 4.78 is 2.30. The highest BCUT2D eigenvalue weighted by Crippen LogP contribution is 2.01. The second-order valence-electron chi connectivity index (χ2n) is 5.46. The topological polar surface area (TPSA) is 12.7 Å². The van der Waals surface area contributed by atoms with E-state index in [9.17, 15) is 0 Å². The number of nitrogens with zero attached hydrogens (tertiary/aromatic N) is 4. The van der Waals surface area contributed by atoms with Gasteiger partial charge < -0.3 is 9.80 Å². The van der Waals surface area contributed by atoms with Gasteiger partial charge in [0.05, 0.1) is 13.1 Å². The van der Waals surface area contributed by atoms with Crippen LogP contribution in [0.3, 0.4) is 0 Å². The minimum Gasteiger partial charge on any atom is -0.304 e. The first-order valence-electron chi connectivity index (χ1n) is 6.91. The zero-order valence-corrected chi connectivity index (χ0v) is 11.4. The highest BCUT2D eigenvalue weighted by atomic mass is 15.2. The van der Waals surface area contributed by atoms with E-state index in [-0.39, 0.29) is 0 Å². The van der Waals surface area contributed by atoms with Crippen molar-refractivity contribution >= 4 is 6.21 Å². The summed E-state index contributed by atoms with van der Waals surface area (Å²) >= 11 is 0. The Morgan fingerprint density at radius 1 is 1.00 bits per heavy atom. The zero-order valence-electron chi connectivity index (χ0n) is 11.4. The molecule has 2 rings (SSSR count). The quantitative estimate of drug-likeness (QED) is 0.623. The second-order valence-corrected chi connectivity index (χ2v) is 5.46. The maximum absolute atomic E-state index is 2.61. The average molecular weight is 239 g/mol. The van der Waals surface area contributed by atoms with Crippen molar-refractivity contribution in [2.45, 2.75) is 6.42 Å². The van der Waals surface area contributed by atoms with Gasteiger partial charge in [-0.25, -0.2) is 4.58 Å². The lowest BCUT2D eigenvalue weighted by atomic mass is 10.3. The average Bonchev–Trinajstić information content (AvgIpc) is 2.34. The van der Waals surface area contributed by atoms with Gasteiger partial charge in [-0.05, 0) is 20.0 Å². The molecule has 0 spiro atoms. The minimum absolute atomic E-state index is 1.14. The van der Waals surface area contributed by atoms with Crippen LogP contribution in [0.25, 0.3) is 0 Å². The Labute approximate surface area is 105 Å². The standard InChI is InChI=1S/C13H27N4/c1-14-6-10-16(11-7-14)4-3-5-17-12-8-15(2)9-13-17/h6H,3-5,7-13H2,1-2H3/q+1. The molecule has 0 saturated carbocycles. The molecule has 98 valence electrons. The first kappa shape index (κ1) is 13.0. The van der Waals surface area contributed by atoms with Crippen LogP contribution in [-0.2, 0) is 0 Å². The lowest BCUT2D eigenvalue weighted by Crippen LogP contribution is -2.45. The molecule has 4 nitrogen and oxygen atoms in total. The Hall–Kier alpha value is -0.450. The smallest absolute Gasteiger partial charge is 0.154 e. The van der Waals surface area contributed by atoms with E-state index in [1.807, 2.05) is 0 Å². The maximum Gasteiger partial charge on any atom is 0.154 e. The van der Waals surface area contributed by atoms with E-state index in [0.717, 1.165) is 6.54 Å². The molecule has 0 aromatic carbocycles. The Kier molecular flexibility index (Phi) is 4.95. The van der Waals surface area contributed by atoms with Gasteiger partial charge in [0.15, 0.2) is 12.8 Å². The van der Waals surface area contributed by atoms with Crippen molar-refractivity contribution in [2.75, 3.05) is 73.0 Å². The van der Waals surface area contributed by atoms with Gasteiger partial charge in [-0.15, -0.1) is 0 Å². The molecular weight excluding hydrogens is 212 g/mol. The number of hydrogen-bond acceptors (Lipinski definition) is 3. The van der Waals surface area contributed by atoms with Crippen LogP contribution in [0.2, 0.25) is 0 Å². The monoisotopic (exact) mass is 239 g/mol. The third-order valence-electron chi connectivity index (χ3n) is 3.97. The number of hydrogen-bond donors (Lipinski definition) is 0. The molecule has 17 heavy (non-hydrogen) atoms. The largest absolute Gasteiger partial charge is 0.304 e. The van der Waals surface area contributed by atoms with E-state index in [0.29, 0.717) is 0 Å². The van der Waals surface area contributed by atoms with Crippen LogP contribution >= 0.6 is 0 Å². The molecule has 1 saturated heterocycles. The van der Waals surface area contributed by atoms with E-state index in [1.54, 1.807) is 0 Å². The van der Waals surface area contributed by atoms with Crippen molar-refractivity contribution < 1.29 is 4.58 Å². The zero-order chi connectivity index (χ0) is 12.1. The first-order valence-corrected chi connectivity index (χ1v) is 6.91. The van der Waals surface area contributed by atoms with Gasteiger partial charge in [0.25, 0.3) is 0 Å². The third-order valence-corrected chi connectivity index (χ3v) is 3.97. The maximum atomic E-state index is 2.61. The van der Waals surface area contributed by atoms with Crippen molar-refractivity contribution in [3.63, 3.8) is 0 Å². The molecule has 1 fully saturated rings. The minimum atomic E-state index is 1.14. The van der Waals surface area contributed by atoms with E-state index >= 15 is 0 Å². The van der Waals surface area contributed by atoms with E-state index in [2.05, 4.69) is 39.6 Å². The molecular formula is C13H27N4+. The summed E-state index contributed by atoms with van der Waals surface area (Å²) in [5, 5.41) is 0. The molecule has 0 aliphatic carbocycles. The Morgan fingerprint density at radius 3 is 2.35 bits per heavy atom. The van der Waals surface area contributed by atoms with Gasteiger partial charge in [0, 0.05) is 32.7 Å². The molecule has 0 bridgehead atoms. The second kappa shape index (κ2) is 6.47. The Morgan fingerprint density at radius 2 is 1.71 bits per heavy atom. The molecule has 0 radical (unpaired) electrons. The molecule has 2 aliphatic heterocycles. The molecule has 0 amide bonds. The van der Waals surface area contributed by atoms with Crippen molar-refractivity contribution in [1.29, 1.82) is 0 Å². The SMILES string of the molecule is CN1CCN(CCCN2CC=[N+](C)CC2)CC1. The molecule has 0 aromatic heterocycles. The highest BCUT2D eigenvalue weighted by molar-refractivity contribution is 5.54. The van der Waals surface area contributed by atoms with Crippen LogP contribution < -0.4 is 0 Å². The summed E-state index contributed by atoms with van der Waals surface area (Å²) in [6.45, 7) is 11.1. The fraction of sp³-hybridized carbons (Fsp3) is 0.923. The molecule has 0 atom stereocenters. The first-order chi connectivity index (χ1) is 8.24. The van der Waals surface area contributed by atoms with Crippen LogP contribution in [0.1, 0.15) is 6.42 Å². The van der Waals surface area contributed by atoms with Crippen molar-refractivity contribution in [3.05, 3.63) is 0 Å². The van der Waals surface area contributed by atoms with E-state index < -0.39 is 0 Å². The van der Waals surface area contributed by atoms with Gasteiger partial charge in [-0.1, -0.05) is 0 Å². The van der Waals surface area contributed by atoms with Gasteiger partial charge in [-0.3, -0.25) is 4.90 Å². The predicted octanol–water partition coefficient (Wildman–Crippen LogP) is -0.347. The third kappa shape index (κ3) is 4.37. The van der Waals surface area contributed by atoms with Crippen LogP contribution in [0.15, 0.2) is 0 Å². The number of likely N-dealkylation sites (N-methyl/N-ethyl adjacent to an activating group) is 2. The van der Waals surface area contributed by atoms with Crippen LogP contribution in [0.4, 0.5) is 0 Å². The summed E-state index contributed by atoms with van der Waals surface area (Å²) in [7, 11) is 4.39.